The fraction of sp³-hybridized carbons (Fsp3) is 0.259. The molecule has 0 unspecified atom stereocenters. The van der Waals surface area contributed by atoms with Gasteiger partial charge in [0, 0.05) is 18.0 Å². The number of aliphatic imine (C=N–C) groups is 1. The normalized spacial score (nSPS) is 14.6. The molecule has 1 heterocycles. The minimum Gasteiger partial charge on any atom is -0.493 e. The second kappa shape index (κ2) is 11.1. The summed E-state index contributed by atoms with van der Waals surface area (Å²) in [5.41, 5.74) is 0.904. The fourth-order valence-electron chi connectivity index (χ4n) is 3.95. The molecule has 1 aliphatic carbocycles. The first kappa shape index (κ1) is 24.3. The van der Waals surface area contributed by atoms with Crippen molar-refractivity contribution in [2.75, 3.05) is 12.4 Å². The molecule has 1 saturated carbocycles. The molecule has 35 heavy (non-hydrogen) atoms. The van der Waals surface area contributed by atoms with E-state index in [1.54, 1.807) is 43.7 Å². The third-order valence-electron chi connectivity index (χ3n) is 5.66. The summed E-state index contributed by atoms with van der Waals surface area (Å²) in [5.74, 6) is 1.09. The number of hydrogen-bond donors (Lipinski definition) is 1. The van der Waals surface area contributed by atoms with Crippen molar-refractivity contribution in [3.63, 3.8) is 0 Å². The van der Waals surface area contributed by atoms with Crippen LogP contribution in [0.2, 0.25) is 0 Å². The molecular formula is C27H26F3N3O2. The van der Waals surface area contributed by atoms with Crippen molar-refractivity contribution in [3.05, 3.63) is 78.0 Å². The number of rotatable bonds is 8. The molecule has 0 spiro atoms. The standard InChI is InChI=1S/C27H26F3N3O2/c1-34-24-16-6-9-19(25(24)35-20-11-2-3-12-20)10-7-17-31-22-14-4-5-15-23(22)33-26-21(27(28,29)30)13-8-18-32-26/h4-10,13-18,20H,2-3,11-12H2,1H3,(H,32,33)/b10-7+,31-17?. The molecule has 2 aromatic carbocycles. The maximum atomic E-state index is 13.3. The SMILES string of the molecule is COc1cccc(/C=C/C=Nc2ccccc2Nc2ncccc2C(F)(F)F)c1OC1CCCC1. The van der Waals surface area contributed by atoms with Gasteiger partial charge < -0.3 is 14.8 Å². The number of nitrogens with one attached hydrogen (secondary N) is 1. The molecule has 0 radical (unpaired) electrons. The van der Waals surface area contributed by atoms with E-state index in [0.29, 0.717) is 22.9 Å². The zero-order chi connectivity index (χ0) is 24.7. The van der Waals surface area contributed by atoms with Crippen LogP contribution >= 0.6 is 0 Å². The third kappa shape index (κ3) is 6.20. The van der Waals surface area contributed by atoms with Crippen molar-refractivity contribution in [2.45, 2.75) is 38.0 Å². The van der Waals surface area contributed by atoms with Gasteiger partial charge in [-0.05, 0) is 68.2 Å². The van der Waals surface area contributed by atoms with Crippen molar-refractivity contribution < 1.29 is 22.6 Å². The van der Waals surface area contributed by atoms with E-state index in [2.05, 4.69) is 15.3 Å². The fourth-order valence-corrected chi connectivity index (χ4v) is 3.95. The molecule has 1 aliphatic rings. The lowest BCUT2D eigenvalue weighted by Crippen LogP contribution is -2.12. The van der Waals surface area contributed by atoms with E-state index in [1.165, 1.54) is 12.3 Å². The van der Waals surface area contributed by atoms with Crippen molar-refractivity contribution in [2.24, 2.45) is 4.99 Å². The lowest BCUT2D eigenvalue weighted by molar-refractivity contribution is -0.137. The molecule has 4 rings (SSSR count). The molecule has 182 valence electrons. The van der Waals surface area contributed by atoms with E-state index in [0.717, 1.165) is 37.3 Å². The number of para-hydroxylation sites is 3. The number of pyridine rings is 1. The van der Waals surface area contributed by atoms with Crippen LogP contribution in [0.15, 0.2) is 71.9 Å². The van der Waals surface area contributed by atoms with Crippen LogP contribution in [0.3, 0.4) is 0 Å². The Morgan fingerprint density at radius 2 is 1.83 bits per heavy atom. The van der Waals surface area contributed by atoms with Gasteiger partial charge in [0.15, 0.2) is 11.5 Å². The highest BCUT2D eigenvalue weighted by Crippen LogP contribution is 2.37. The molecule has 0 aliphatic heterocycles. The number of alkyl halides is 3. The lowest BCUT2D eigenvalue weighted by atomic mass is 10.1. The van der Waals surface area contributed by atoms with Crippen molar-refractivity contribution in [1.29, 1.82) is 0 Å². The highest BCUT2D eigenvalue weighted by molar-refractivity contribution is 5.84. The maximum absolute atomic E-state index is 13.3. The Morgan fingerprint density at radius 3 is 2.60 bits per heavy atom. The Morgan fingerprint density at radius 1 is 1.03 bits per heavy atom. The van der Waals surface area contributed by atoms with Crippen LogP contribution in [0.5, 0.6) is 11.5 Å². The largest absolute Gasteiger partial charge is 0.493 e. The summed E-state index contributed by atoms with van der Waals surface area (Å²) in [5, 5.41) is 2.77. The zero-order valence-electron chi connectivity index (χ0n) is 19.3. The Hall–Kier alpha value is -3.81. The van der Waals surface area contributed by atoms with Crippen LogP contribution in [-0.4, -0.2) is 24.4 Å². The quantitative estimate of drug-likeness (QED) is 0.337. The van der Waals surface area contributed by atoms with Crippen LogP contribution in [0.4, 0.5) is 30.4 Å². The van der Waals surface area contributed by atoms with E-state index in [1.807, 2.05) is 24.3 Å². The van der Waals surface area contributed by atoms with Gasteiger partial charge in [0.2, 0.25) is 0 Å². The maximum Gasteiger partial charge on any atom is 0.419 e. The van der Waals surface area contributed by atoms with Gasteiger partial charge in [0.25, 0.3) is 0 Å². The number of anilines is 2. The van der Waals surface area contributed by atoms with Gasteiger partial charge in [0.1, 0.15) is 5.82 Å². The number of benzene rings is 2. The predicted octanol–water partition coefficient (Wildman–Crippen LogP) is 7.59. The first-order valence-electron chi connectivity index (χ1n) is 11.4. The molecule has 0 bridgehead atoms. The summed E-state index contributed by atoms with van der Waals surface area (Å²) >= 11 is 0. The predicted molar refractivity (Wildman–Crippen MR) is 132 cm³/mol. The summed E-state index contributed by atoms with van der Waals surface area (Å²) in [6.45, 7) is 0. The van der Waals surface area contributed by atoms with Crippen LogP contribution in [0.1, 0.15) is 36.8 Å². The molecule has 0 atom stereocenters. The summed E-state index contributed by atoms with van der Waals surface area (Å²) in [6, 6.07) is 14.8. The molecule has 8 heteroatoms. The van der Waals surface area contributed by atoms with Gasteiger partial charge in [-0.1, -0.05) is 24.3 Å². The Labute approximate surface area is 202 Å². The number of ether oxygens (including phenoxy) is 2. The molecule has 0 saturated heterocycles. The highest BCUT2D eigenvalue weighted by Gasteiger charge is 2.34. The summed E-state index contributed by atoms with van der Waals surface area (Å²) in [6.07, 6.45) is 6.56. The minimum absolute atomic E-state index is 0.179. The summed E-state index contributed by atoms with van der Waals surface area (Å²) in [7, 11) is 1.61. The van der Waals surface area contributed by atoms with Crippen LogP contribution in [0, 0.1) is 0 Å². The number of allylic oxidation sites excluding steroid dienone is 1. The van der Waals surface area contributed by atoms with Crippen molar-refractivity contribution in [1.82, 2.24) is 4.98 Å². The van der Waals surface area contributed by atoms with E-state index >= 15 is 0 Å². The Kier molecular flexibility index (Phi) is 7.70. The van der Waals surface area contributed by atoms with Crippen LogP contribution < -0.4 is 14.8 Å². The topological polar surface area (TPSA) is 55.7 Å². The van der Waals surface area contributed by atoms with Gasteiger partial charge in [-0.3, -0.25) is 4.99 Å². The monoisotopic (exact) mass is 481 g/mol. The highest BCUT2D eigenvalue weighted by atomic mass is 19.4. The lowest BCUT2D eigenvalue weighted by Gasteiger charge is -2.17. The first-order chi connectivity index (χ1) is 17.0. The average Bonchev–Trinajstić information content (AvgIpc) is 3.36. The van der Waals surface area contributed by atoms with Gasteiger partial charge in [-0.25, -0.2) is 4.98 Å². The minimum atomic E-state index is -4.52. The smallest absolute Gasteiger partial charge is 0.419 e. The molecule has 1 N–H and O–H groups in total. The molecule has 0 amide bonds. The molecule has 1 fully saturated rings. The Balaban J connectivity index is 1.53. The summed E-state index contributed by atoms with van der Waals surface area (Å²) in [4.78, 5) is 8.29. The van der Waals surface area contributed by atoms with Crippen molar-refractivity contribution in [3.8, 4) is 11.5 Å². The third-order valence-corrected chi connectivity index (χ3v) is 5.66. The number of methoxy groups -OCH3 is 1. The number of aromatic nitrogens is 1. The molecule has 5 nitrogen and oxygen atoms in total. The van der Waals surface area contributed by atoms with E-state index < -0.39 is 11.7 Å². The molecule has 1 aromatic heterocycles. The van der Waals surface area contributed by atoms with Crippen molar-refractivity contribution >= 4 is 29.5 Å². The zero-order valence-corrected chi connectivity index (χ0v) is 19.3. The Bertz CT molecular complexity index is 1200. The van der Waals surface area contributed by atoms with Crippen LogP contribution in [0.25, 0.3) is 6.08 Å². The molecular weight excluding hydrogens is 455 g/mol. The van der Waals surface area contributed by atoms with Crippen LogP contribution in [-0.2, 0) is 6.18 Å². The van der Waals surface area contributed by atoms with E-state index in [-0.39, 0.29) is 11.9 Å². The van der Waals surface area contributed by atoms with E-state index in [4.69, 9.17) is 9.47 Å². The van der Waals surface area contributed by atoms with E-state index in [9.17, 15) is 13.2 Å². The number of hydrogen-bond acceptors (Lipinski definition) is 5. The average molecular weight is 482 g/mol. The van der Waals surface area contributed by atoms with Gasteiger partial charge in [0.05, 0.1) is 30.2 Å². The first-order valence-corrected chi connectivity index (χ1v) is 11.4. The molecule has 3 aromatic rings. The second-order valence-corrected chi connectivity index (χ2v) is 8.08. The second-order valence-electron chi connectivity index (χ2n) is 8.08. The van der Waals surface area contributed by atoms with Gasteiger partial charge in [-0.2, -0.15) is 13.2 Å². The number of halogens is 3. The van der Waals surface area contributed by atoms with Gasteiger partial charge in [-0.15, -0.1) is 0 Å². The summed E-state index contributed by atoms with van der Waals surface area (Å²) < 4.78 is 51.7. The number of nitrogens with zero attached hydrogens (tertiary/aromatic N) is 2. The van der Waals surface area contributed by atoms with Gasteiger partial charge >= 0.3 is 6.18 Å².